The molecule has 0 radical (unpaired) electrons. The molecule has 0 saturated heterocycles. The van der Waals surface area contributed by atoms with Crippen molar-refractivity contribution in [1.82, 2.24) is 0 Å². The van der Waals surface area contributed by atoms with Crippen molar-refractivity contribution in [2.45, 2.75) is 0 Å². The maximum atomic E-state index is 10.8. The first-order valence-electron chi connectivity index (χ1n) is 4.53. The molecule has 0 aromatic heterocycles. The third-order valence-electron chi connectivity index (χ3n) is 1.77. The minimum atomic E-state index is -0.544. The van der Waals surface area contributed by atoms with E-state index in [-0.39, 0.29) is 23.1 Å². The Bertz CT molecular complexity index is 451. The van der Waals surface area contributed by atoms with Crippen molar-refractivity contribution in [3.63, 3.8) is 0 Å². The summed E-state index contributed by atoms with van der Waals surface area (Å²) in [6, 6.07) is 2.78. The van der Waals surface area contributed by atoms with Gasteiger partial charge < -0.3 is 4.74 Å². The lowest BCUT2D eigenvalue weighted by atomic mass is 10.3. The first-order valence-corrected chi connectivity index (χ1v) is 6.24. The molecule has 0 heterocycles. The van der Waals surface area contributed by atoms with Gasteiger partial charge in [0.25, 0.3) is 0 Å². The summed E-state index contributed by atoms with van der Waals surface area (Å²) in [5.41, 5.74) is -0.177. The summed E-state index contributed by atoms with van der Waals surface area (Å²) in [6.45, 7) is 0.202. The fourth-order valence-electron chi connectivity index (χ4n) is 1.09. The highest BCUT2D eigenvalue weighted by Crippen LogP contribution is 2.37. The molecule has 0 saturated carbocycles. The van der Waals surface area contributed by atoms with Crippen LogP contribution in [0.2, 0.25) is 5.02 Å². The number of ether oxygens (including phenoxy) is 1. The molecule has 0 atom stereocenters. The Balaban J connectivity index is 2.96. The number of allylic oxidation sites excluding steroid dienone is 1. The number of rotatable bonds is 5. The molecule has 4 nitrogen and oxygen atoms in total. The highest BCUT2D eigenvalue weighted by atomic mass is 79.9. The first-order chi connectivity index (χ1) is 8.06. The van der Waals surface area contributed by atoms with Crippen LogP contribution in [0.15, 0.2) is 28.8 Å². The van der Waals surface area contributed by atoms with Gasteiger partial charge in [-0.3, -0.25) is 10.1 Å². The molecule has 92 valence electrons. The van der Waals surface area contributed by atoms with Crippen molar-refractivity contribution < 1.29 is 9.66 Å². The SMILES string of the molecule is O=[N+]([O-])c1cc(Cl)cc(Br)c1OCC=CCCl. The highest BCUT2D eigenvalue weighted by Gasteiger charge is 2.19. The molecule has 0 unspecified atom stereocenters. The van der Waals surface area contributed by atoms with Gasteiger partial charge in [0.05, 0.1) is 9.40 Å². The zero-order valence-electron chi connectivity index (χ0n) is 8.53. The van der Waals surface area contributed by atoms with E-state index in [4.69, 9.17) is 27.9 Å². The Hall–Kier alpha value is -0.780. The van der Waals surface area contributed by atoms with Crippen molar-refractivity contribution in [3.8, 4) is 5.75 Å². The maximum Gasteiger partial charge on any atom is 0.313 e. The standard InChI is InChI=1S/C10H8BrCl2NO3/c11-8-5-7(13)6-9(14(15)16)10(8)17-4-2-1-3-12/h1-2,5-6H,3-4H2. The zero-order chi connectivity index (χ0) is 12.8. The van der Waals surface area contributed by atoms with E-state index >= 15 is 0 Å². The molecule has 17 heavy (non-hydrogen) atoms. The van der Waals surface area contributed by atoms with E-state index in [0.29, 0.717) is 10.4 Å². The van der Waals surface area contributed by atoms with E-state index in [2.05, 4.69) is 15.9 Å². The molecular formula is C10H8BrCl2NO3. The van der Waals surface area contributed by atoms with Crippen LogP contribution in [0, 0.1) is 10.1 Å². The molecule has 0 N–H and O–H groups in total. The van der Waals surface area contributed by atoms with Crippen molar-refractivity contribution in [2.75, 3.05) is 12.5 Å². The lowest BCUT2D eigenvalue weighted by Gasteiger charge is -2.07. The molecule has 1 rings (SSSR count). The number of benzene rings is 1. The monoisotopic (exact) mass is 339 g/mol. The molecule has 0 amide bonds. The summed E-state index contributed by atoms with van der Waals surface area (Å²) in [7, 11) is 0. The van der Waals surface area contributed by atoms with E-state index in [1.165, 1.54) is 12.1 Å². The average Bonchev–Trinajstić information content (AvgIpc) is 2.25. The summed E-state index contributed by atoms with van der Waals surface area (Å²) < 4.78 is 5.73. The van der Waals surface area contributed by atoms with E-state index in [9.17, 15) is 10.1 Å². The molecule has 0 aliphatic heterocycles. The largest absolute Gasteiger partial charge is 0.482 e. The van der Waals surface area contributed by atoms with Gasteiger partial charge in [-0.15, -0.1) is 11.6 Å². The summed E-state index contributed by atoms with van der Waals surface area (Å²) in [4.78, 5) is 10.3. The van der Waals surface area contributed by atoms with Gasteiger partial charge in [0.2, 0.25) is 5.75 Å². The summed E-state index contributed by atoms with van der Waals surface area (Å²) in [5.74, 6) is 0.520. The predicted octanol–water partition coefficient (Wildman–Crippen LogP) is 4.18. The van der Waals surface area contributed by atoms with E-state index < -0.39 is 4.92 Å². The number of hydrogen-bond acceptors (Lipinski definition) is 3. The van der Waals surface area contributed by atoms with Crippen LogP contribution in [-0.4, -0.2) is 17.4 Å². The van der Waals surface area contributed by atoms with Gasteiger partial charge in [-0.2, -0.15) is 0 Å². The number of nitro benzene ring substituents is 1. The lowest BCUT2D eigenvalue weighted by Crippen LogP contribution is -1.99. The maximum absolute atomic E-state index is 10.8. The van der Waals surface area contributed by atoms with Gasteiger partial charge in [0, 0.05) is 17.0 Å². The third kappa shape index (κ3) is 4.18. The Morgan fingerprint density at radius 1 is 1.47 bits per heavy atom. The van der Waals surface area contributed by atoms with E-state index in [1.807, 2.05) is 0 Å². The summed E-state index contributed by atoms with van der Waals surface area (Å²) in [5, 5.41) is 11.1. The zero-order valence-corrected chi connectivity index (χ0v) is 11.6. The van der Waals surface area contributed by atoms with Crippen molar-refractivity contribution in [1.29, 1.82) is 0 Å². The van der Waals surface area contributed by atoms with Crippen LogP contribution >= 0.6 is 39.1 Å². The number of alkyl halides is 1. The minimum absolute atomic E-state index is 0.152. The summed E-state index contributed by atoms with van der Waals surface area (Å²) >= 11 is 14.3. The molecule has 0 aliphatic rings. The van der Waals surface area contributed by atoms with E-state index in [0.717, 1.165) is 0 Å². The third-order valence-corrected chi connectivity index (χ3v) is 2.75. The molecule has 0 aliphatic carbocycles. The van der Waals surface area contributed by atoms with Gasteiger partial charge in [0.1, 0.15) is 6.61 Å². The van der Waals surface area contributed by atoms with Crippen molar-refractivity contribution in [2.24, 2.45) is 0 Å². The second-order valence-corrected chi connectivity index (χ2v) is 4.53. The van der Waals surface area contributed by atoms with Crippen LogP contribution in [0.25, 0.3) is 0 Å². The number of halogens is 3. The molecule has 1 aromatic rings. The van der Waals surface area contributed by atoms with Crippen molar-refractivity contribution >= 4 is 44.8 Å². The summed E-state index contributed by atoms with van der Waals surface area (Å²) in [6.07, 6.45) is 3.37. The van der Waals surface area contributed by atoms with E-state index in [1.54, 1.807) is 12.2 Å². The van der Waals surface area contributed by atoms with Gasteiger partial charge in [0.15, 0.2) is 0 Å². The van der Waals surface area contributed by atoms with Crippen LogP contribution in [0.3, 0.4) is 0 Å². The van der Waals surface area contributed by atoms with Crippen LogP contribution in [0.4, 0.5) is 5.69 Å². The van der Waals surface area contributed by atoms with Gasteiger partial charge in [-0.25, -0.2) is 0 Å². The number of hydrogen-bond donors (Lipinski definition) is 0. The Labute approximate surface area is 116 Å². The normalized spacial score (nSPS) is 10.8. The molecule has 0 fully saturated rings. The number of nitro groups is 1. The molecule has 7 heteroatoms. The quantitative estimate of drug-likeness (QED) is 0.349. The molecule has 0 spiro atoms. The highest BCUT2D eigenvalue weighted by molar-refractivity contribution is 9.10. The minimum Gasteiger partial charge on any atom is -0.482 e. The smallest absolute Gasteiger partial charge is 0.313 e. The van der Waals surface area contributed by atoms with Gasteiger partial charge in [-0.05, 0) is 22.0 Å². The van der Waals surface area contributed by atoms with Crippen molar-refractivity contribution in [3.05, 3.63) is 43.9 Å². The van der Waals surface area contributed by atoms with Crippen LogP contribution in [0.1, 0.15) is 0 Å². The predicted molar refractivity (Wildman–Crippen MR) is 71.2 cm³/mol. The topological polar surface area (TPSA) is 52.4 Å². The Kier molecular flexibility index (Phi) is 5.74. The molecule has 1 aromatic carbocycles. The Morgan fingerprint density at radius 2 is 2.18 bits per heavy atom. The second kappa shape index (κ2) is 6.83. The van der Waals surface area contributed by atoms with Gasteiger partial charge in [-0.1, -0.05) is 23.8 Å². The van der Waals surface area contributed by atoms with Crippen LogP contribution in [-0.2, 0) is 0 Å². The lowest BCUT2D eigenvalue weighted by molar-refractivity contribution is -0.385. The fourth-order valence-corrected chi connectivity index (χ4v) is 2.12. The van der Waals surface area contributed by atoms with Gasteiger partial charge >= 0.3 is 5.69 Å². The fraction of sp³-hybridized carbons (Fsp3) is 0.200. The Morgan fingerprint density at radius 3 is 2.76 bits per heavy atom. The molecular weight excluding hydrogens is 333 g/mol. The van der Waals surface area contributed by atoms with Crippen LogP contribution < -0.4 is 4.74 Å². The number of nitrogens with zero attached hydrogens (tertiary/aromatic N) is 1. The second-order valence-electron chi connectivity index (χ2n) is 2.93. The first kappa shape index (κ1) is 14.3. The molecule has 0 bridgehead atoms. The van der Waals surface area contributed by atoms with Crippen LogP contribution in [0.5, 0.6) is 5.75 Å². The average molecular weight is 341 g/mol.